The van der Waals surface area contributed by atoms with E-state index in [4.69, 9.17) is 13.9 Å². The van der Waals surface area contributed by atoms with Crippen molar-refractivity contribution in [2.45, 2.75) is 26.7 Å². The van der Waals surface area contributed by atoms with Crippen molar-refractivity contribution >= 4 is 22.6 Å². The number of carbonyl (C=O) groups excluding carboxylic acids is 1. The first-order valence-electron chi connectivity index (χ1n) is 10.7. The van der Waals surface area contributed by atoms with Crippen LogP contribution in [0.2, 0.25) is 0 Å². The normalized spacial score (nSPS) is 10.9. The molecule has 0 aliphatic heterocycles. The first-order valence-corrected chi connectivity index (χ1v) is 10.7. The summed E-state index contributed by atoms with van der Waals surface area (Å²) in [7, 11) is 0. The summed E-state index contributed by atoms with van der Waals surface area (Å²) in [5, 5.41) is 3.25. The third-order valence-electron chi connectivity index (χ3n) is 5.19. The van der Waals surface area contributed by atoms with Gasteiger partial charge in [-0.2, -0.15) is 0 Å². The van der Waals surface area contributed by atoms with Gasteiger partial charge in [0.1, 0.15) is 23.3 Å². The summed E-state index contributed by atoms with van der Waals surface area (Å²) in [5.41, 5.74) is 2.98. The predicted molar refractivity (Wildman–Crippen MR) is 128 cm³/mol. The maximum Gasteiger partial charge on any atom is 0.262 e. The number of hydrogen-bond acceptors (Lipinski definition) is 5. The van der Waals surface area contributed by atoms with Gasteiger partial charge >= 0.3 is 0 Å². The summed E-state index contributed by atoms with van der Waals surface area (Å²) in [4.78, 5) is 25.2. The van der Waals surface area contributed by atoms with Gasteiger partial charge in [-0.05, 0) is 48.7 Å². The topological polar surface area (TPSA) is 77.8 Å². The molecule has 0 saturated heterocycles. The highest BCUT2D eigenvalue weighted by atomic mass is 16.5. The fourth-order valence-corrected chi connectivity index (χ4v) is 3.43. The number of para-hydroxylation sites is 1. The molecular weight excluding hydrogens is 418 g/mol. The number of anilines is 1. The third-order valence-corrected chi connectivity index (χ3v) is 5.19. The van der Waals surface area contributed by atoms with Crippen molar-refractivity contribution in [2.24, 2.45) is 0 Å². The number of nitrogens with one attached hydrogen (secondary N) is 1. The van der Waals surface area contributed by atoms with Crippen LogP contribution in [-0.4, -0.2) is 12.5 Å². The van der Waals surface area contributed by atoms with Crippen LogP contribution in [0.15, 0.2) is 82.2 Å². The molecule has 4 rings (SSSR count). The van der Waals surface area contributed by atoms with Gasteiger partial charge in [0.15, 0.2) is 6.61 Å². The zero-order chi connectivity index (χ0) is 23.4. The summed E-state index contributed by atoms with van der Waals surface area (Å²) in [6.07, 6.45) is 1.28. The number of aryl methyl sites for hydroxylation is 1. The van der Waals surface area contributed by atoms with Gasteiger partial charge in [0.25, 0.3) is 5.91 Å². The molecule has 1 N–H and O–H groups in total. The fraction of sp³-hybridized carbons (Fsp3) is 0.185. The Balaban J connectivity index is 1.44. The van der Waals surface area contributed by atoms with Crippen LogP contribution in [0.5, 0.6) is 17.2 Å². The second kappa shape index (κ2) is 9.61. The molecule has 0 unspecified atom stereocenters. The number of rotatable bonds is 7. The molecule has 168 valence electrons. The summed E-state index contributed by atoms with van der Waals surface area (Å²) in [6, 6.07) is 19.9. The van der Waals surface area contributed by atoms with E-state index in [0.717, 1.165) is 16.8 Å². The van der Waals surface area contributed by atoms with E-state index in [0.29, 0.717) is 22.5 Å². The summed E-state index contributed by atoms with van der Waals surface area (Å²) < 4.78 is 16.9. The van der Waals surface area contributed by atoms with E-state index in [1.807, 2.05) is 43.3 Å². The molecule has 0 fully saturated rings. The molecule has 3 aromatic carbocycles. The molecule has 1 aromatic heterocycles. The predicted octanol–water partition coefficient (Wildman–Crippen LogP) is 6.03. The number of ether oxygens (including phenoxy) is 2. The molecule has 0 atom stereocenters. The molecule has 6 heteroatoms. The molecule has 1 heterocycles. The Kier molecular flexibility index (Phi) is 6.45. The zero-order valence-corrected chi connectivity index (χ0v) is 18.8. The summed E-state index contributed by atoms with van der Waals surface area (Å²) in [5.74, 6) is 1.09. The maximum atomic E-state index is 12.8. The fourth-order valence-electron chi connectivity index (χ4n) is 3.43. The minimum Gasteiger partial charge on any atom is -0.484 e. The van der Waals surface area contributed by atoms with Crippen molar-refractivity contribution in [3.8, 4) is 17.2 Å². The van der Waals surface area contributed by atoms with Gasteiger partial charge in [-0.1, -0.05) is 49.7 Å². The van der Waals surface area contributed by atoms with E-state index >= 15 is 0 Å². The highest BCUT2D eigenvalue weighted by molar-refractivity contribution is 5.92. The van der Waals surface area contributed by atoms with E-state index in [1.54, 1.807) is 30.3 Å². The SMILES string of the molecule is Cc1ccc(Oc2coc3cc(OCC(=O)Nc4ccccc4C(C)C)ccc3c2=O)cc1. The third kappa shape index (κ3) is 5.23. The van der Waals surface area contributed by atoms with Gasteiger partial charge in [-0.3, -0.25) is 9.59 Å². The highest BCUT2D eigenvalue weighted by Crippen LogP contribution is 2.25. The Morgan fingerprint density at radius 3 is 2.48 bits per heavy atom. The highest BCUT2D eigenvalue weighted by Gasteiger charge is 2.12. The Labute approximate surface area is 191 Å². The Hall–Kier alpha value is -4.06. The summed E-state index contributed by atoms with van der Waals surface area (Å²) >= 11 is 0. The van der Waals surface area contributed by atoms with E-state index in [9.17, 15) is 9.59 Å². The first kappa shape index (κ1) is 22.1. The van der Waals surface area contributed by atoms with Crippen molar-refractivity contribution in [3.05, 3.63) is 94.3 Å². The second-order valence-corrected chi connectivity index (χ2v) is 8.08. The smallest absolute Gasteiger partial charge is 0.262 e. The molecule has 0 bridgehead atoms. The molecule has 1 amide bonds. The van der Waals surface area contributed by atoms with Gasteiger partial charge < -0.3 is 19.2 Å². The van der Waals surface area contributed by atoms with Gasteiger partial charge in [-0.15, -0.1) is 0 Å². The minimum absolute atomic E-state index is 0.100. The van der Waals surface area contributed by atoms with Crippen LogP contribution in [0, 0.1) is 6.92 Å². The zero-order valence-electron chi connectivity index (χ0n) is 18.8. The van der Waals surface area contributed by atoms with Gasteiger partial charge in [0.2, 0.25) is 11.2 Å². The van der Waals surface area contributed by atoms with Crippen molar-refractivity contribution < 1.29 is 18.7 Å². The van der Waals surface area contributed by atoms with Crippen LogP contribution in [0.1, 0.15) is 30.9 Å². The van der Waals surface area contributed by atoms with E-state index in [-0.39, 0.29) is 29.6 Å². The number of fused-ring (bicyclic) bond motifs is 1. The lowest BCUT2D eigenvalue weighted by atomic mass is 10.0. The number of amides is 1. The molecule has 4 aromatic rings. The lowest BCUT2D eigenvalue weighted by molar-refractivity contribution is -0.118. The number of carbonyl (C=O) groups is 1. The van der Waals surface area contributed by atoms with Crippen LogP contribution in [0.4, 0.5) is 5.69 Å². The van der Waals surface area contributed by atoms with Crippen LogP contribution in [0.25, 0.3) is 11.0 Å². The Morgan fingerprint density at radius 1 is 1.00 bits per heavy atom. The van der Waals surface area contributed by atoms with E-state index < -0.39 is 0 Å². The lowest BCUT2D eigenvalue weighted by Gasteiger charge is -2.14. The molecule has 0 aliphatic carbocycles. The van der Waals surface area contributed by atoms with Crippen LogP contribution in [0.3, 0.4) is 0 Å². The largest absolute Gasteiger partial charge is 0.484 e. The van der Waals surface area contributed by atoms with Crippen molar-refractivity contribution in [3.63, 3.8) is 0 Å². The monoisotopic (exact) mass is 443 g/mol. The standard InChI is InChI=1S/C27H25NO5/c1-17(2)21-6-4-5-7-23(21)28-26(29)16-31-20-12-13-22-24(14-20)32-15-25(27(22)30)33-19-10-8-18(3)9-11-19/h4-15,17H,16H2,1-3H3,(H,28,29). The number of hydrogen-bond donors (Lipinski definition) is 1. The quantitative estimate of drug-likeness (QED) is 0.377. The Morgan fingerprint density at radius 2 is 1.73 bits per heavy atom. The second-order valence-electron chi connectivity index (χ2n) is 8.08. The molecule has 0 spiro atoms. The molecule has 33 heavy (non-hydrogen) atoms. The number of benzene rings is 3. The Bertz CT molecular complexity index is 1340. The average molecular weight is 443 g/mol. The van der Waals surface area contributed by atoms with Crippen molar-refractivity contribution in [2.75, 3.05) is 11.9 Å². The van der Waals surface area contributed by atoms with E-state index in [1.165, 1.54) is 6.26 Å². The first-order chi connectivity index (χ1) is 15.9. The van der Waals surface area contributed by atoms with E-state index in [2.05, 4.69) is 19.2 Å². The minimum atomic E-state index is -0.286. The molecule has 0 radical (unpaired) electrons. The lowest BCUT2D eigenvalue weighted by Crippen LogP contribution is -2.21. The molecule has 0 saturated carbocycles. The molecule has 6 nitrogen and oxygen atoms in total. The van der Waals surface area contributed by atoms with Crippen LogP contribution >= 0.6 is 0 Å². The van der Waals surface area contributed by atoms with Crippen molar-refractivity contribution in [1.82, 2.24) is 0 Å². The van der Waals surface area contributed by atoms with Crippen LogP contribution in [-0.2, 0) is 4.79 Å². The maximum absolute atomic E-state index is 12.8. The van der Waals surface area contributed by atoms with Crippen molar-refractivity contribution in [1.29, 1.82) is 0 Å². The summed E-state index contributed by atoms with van der Waals surface area (Å²) in [6.45, 7) is 5.95. The van der Waals surface area contributed by atoms with Crippen LogP contribution < -0.4 is 20.2 Å². The van der Waals surface area contributed by atoms with Gasteiger partial charge in [0, 0.05) is 11.8 Å². The van der Waals surface area contributed by atoms with Gasteiger partial charge in [-0.25, -0.2) is 0 Å². The molecule has 0 aliphatic rings. The average Bonchev–Trinajstić information content (AvgIpc) is 2.81. The van der Waals surface area contributed by atoms with Gasteiger partial charge in [0.05, 0.1) is 5.39 Å². The molecular formula is C27H25NO5.